The highest BCUT2D eigenvalue weighted by Gasteiger charge is 2.33. The Hall–Kier alpha value is -2.27. The summed E-state index contributed by atoms with van der Waals surface area (Å²) in [5.74, 6) is 0.314. The smallest absolute Gasteiger partial charge is 0.243 e. The molecule has 2 heterocycles. The van der Waals surface area contributed by atoms with Gasteiger partial charge >= 0.3 is 0 Å². The van der Waals surface area contributed by atoms with E-state index in [4.69, 9.17) is 11.6 Å². The third-order valence-corrected chi connectivity index (χ3v) is 5.36. The molecule has 1 aliphatic heterocycles. The number of benzene rings is 1. The molecule has 1 aromatic carbocycles. The molecule has 0 spiro atoms. The molecule has 1 atom stereocenters. The van der Waals surface area contributed by atoms with Crippen molar-refractivity contribution in [1.82, 2.24) is 14.4 Å². The van der Waals surface area contributed by atoms with Gasteiger partial charge in [-0.2, -0.15) is 0 Å². The molecule has 5 nitrogen and oxygen atoms in total. The fourth-order valence-corrected chi connectivity index (χ4v) is 3.95. The Bertz CT molecular complexity index is 829. The zero-order valence-electron chi connectivity index (χ0n) is 16.8. The first-order valence-electron chi connectivity index (χ1n) is 9.88. The summed E-state index contributed by atoms with van der Waals surface area (Å²) in [6.45, 7) is 8.04. The zero-order chi connectivity index (χ0) is 20.3. The van der Waals surface area contributed by atoms with E-state index in [2.05, 4.69) is 24.5 Å². The second-order valence-electron chi connectivity index (χ2n) is 7.69. The van der Waals surface area contributed by atoms with E-state index < -0.39 is 0 Å². The van der Waals surface area contributed by atoms with Crippen molar-refractivity contribution in [1.29, 1.82) is 0 Å². The van der Waals surface area contributed by atoms with Gasteiger partial charge in [0, 0.05) is 43.0 Å². The normalized spacial score (nSPS) is 16.2. The molecule has 0 N–H and O–H groups in total. The third kappa shape index (κ3) is 4.41. The van der Waals surface area contributed by atoms with E-state index in [-0.39, 0.29) is 24.4 Å². The van der Waals surface area contributed by atoms with Gasteiger partial charge in [-0.25, -0.2) is 0 Å². The van der Waals surface area contributed by atoms with Crippen LogP contribution in [0.4, 0.5) is 0 Å². The Morgan fingerprint density at radius 1 is 1.18 bits per heavy atom. The van der Waals surface area contributed by atoms with E-state index in [1.165, 1.54) is 0 Å². The number of fused-ring (bicyclic) bond motifs is 1. The van der Waals surface area contributed by atoms with Crippen LogP contribution in [0.15, 0.2) is 42.6 Å². The Morgan fingerprint density at radius 3 is 2.54 bits per heavy atom. The Morgan fingerprint density at radius 2 is 1.89 bits per heavy atom. The first kappa shape index (κ1) is 20.5. The lowest BCUT2D eigenvalue weighted by atomic mass is 9.99. The maximum absolute atomic E-state index is 13.3. The lowest BCUT2D eigenvalue weighted by molar-refractivity contribution is -0.142. The average Bonchev–Trinajstić information content (AvgIpc) is 3.15. The van der Waals surface area contributed by atoms with Gasteiger partial charge in [-0.15, -0.1) is 0 Å². The molecule has 1 unspecified atom stereocenters. The number of carbonyl (C=O) groups is 2. The number of aromatic nitrogens is 1. The summed E-state index contributed by atoms with van der Waals surface area (Å²) in [5, 5.41) is 0.671. The van der Waals surface area contributed by atoms with Crippen LogP contribution in [-0.4, -0.2) is 45.8 Å². The molecule has 0 saturated carbocycles. The van der Waals surface area contributed by atoms with Crippen molar-refractivity contribution in [2.75, 3.05) is 19.6 Å². The predicted octanol–water partition coefficient (Wildman–Crippen LogP) is 3.97. The van der Waals surface area contributed by atoms with E-state index in [9.17, 15) is 9.59 Å². The second-order valence-corrected chi connectivity index (χ2v) is 8.13. The lowest BCUT2D eigenvalue weighted by Gasteiger charge is -2.38. The van der Waals surface area contributed by atoms with Crippen molar-refractivity contribution in [3.05, 3.63) is 58.9 Å². The standard InChI is InChI=1S/C22H28ClN3O2/c1-4-20(27)25(14-16(2)3)15-21(28)26-13-12-24-11-5-6-19(24)22(26)17-7-9-18(23)10-8-17/h5-11,16,22H,4,12-15H2,1-3H3. The van der Waals surface area contributed by atoms with Gasteiger partial charge in [0.25, 0.3) is 0 Å². The summed E-state index contributed by atoms with van der Waals surface area (Å²) in [6.07, 6.45) is 2.45. The van der Waals surface area contributed by atoms with E-state index in [1.54, 1.807) is 4.90 Å². The second kappa shape index (κ2) is 8.82. The SMILES string of the molecule is CCC(=O)N(CC(=O)N1CCn2cccc2C1c1ccc(Cl)cc1)CC(C)C. The molecule has 6 heteroatoms. The topological polar surface area (TPSA) is 45.6 Å². The van der Waals surface area contributed by atoms with Crippen molar-refractivity contribution < 1.29 is 9.59 Å². The summed E-state index contributed by atoms with van der Waals surface area (Å²) in [5.41, 5.74) is 2.11. The molecule has 1 aliphatic rings. The van der Waals surface area contributed by atoms with Crippen LogP contribution in [0.2, 0.25) is 5.02 Å². The fraction of sp³-hybridized carbons (Fsp3) is 0.455. The summed E-state index contributed by atoms with van der Waals surface area (Å²) in [6, 6.07) is 11.5. The van der Waals surface area contributed by atoms with Gasteiger partial charge in [0.05, 0.1) is 12.6 Å². The Balaban J connectivity index is 1.89. The molecule has 0 bridgehead atoms. The summed E-state index contributed by atoms with van der Waals surface area (Å²) >= 11 is 6.07. The molecule has 28 heavy (non-hydrogen) atoms. The lowest BCUT2D eigenvalue weighted by Crippen LogP contribution is -2.48. The van der Waals surface area contributed by atoms with E-state index in [0.29, 0.717) is 30.5 Å². The van der Waals surface area contributed by atoms with Gasteiger partial charge in [0.1, 0.15) is 0 Å². The minimum Gasteiger partial charge on any atom is -0.348 e. The van der Waals surface area contributed by atoms with Crippen LogP contribution in [-0.2, 0) is 16.1 Å². The fourth-order valence-electron chi connectivity index (χ4n) is 3.82. The van der Waals surface area contributed by atoms with E-state index >= 15 is 0 Å². The number of nitrogens with zero attached hydrogens (tertiary/aromatic N) is 3. The van der Waals surface area contributed by atoms with E-state index in [0.717, 1.165) is 17.8 Å². The Kier molecular flexibility index (Phi) is 6.45. The maximum atomic E-state index is 13.3. The largest absolute Gasteiger partial charge is 0.348 e. The number of carbonyl (C=O) groups excluding carboxylic acids is 2. The average molecular weight is 402 g/mol. The molecule has 0 saturated heterocycles. The number of hydrogen-bond acceptors (Lipinski definition) is 2. The summed E-state index contributed by atoms with van der Waals surface area (Å²) < 4.78 is 2.19. The predicted molar refractivity (Wildman–Crippen MR) is 111 cm³/mol. The summed E-state index contributed by atoms with van der Waals surface area (Å²) in [4.78, 5) is 29.2. The summed E-state index contributed by atoms with van der Waals surface area (Å²) in [7, 11) is 0. The first-order valence-corrected chi connectivity index (χ1v) is 10.3. The van der Waals surface area contributed by atoms with Crippen LogP contribution >= 0.6 is 11.6 Å². The van der Waals surface area contributed by atoms with Crippen molar-refractivity contribution in [3.63, 3.8) is 0 Å². The quantitative estimate of drug-likeness (QED) is 0.735. The minimum absolute atomic E-state index is 0.0187. The van der Waals surface area contributed by atoms with Gasteiger partial charge in [-0.1, -0.05) is 44.5 Å². The zero-order valence-corrected chi connectivity index (χ0v) is 17.5. The molecule has 150 valence electrons. The first-order chi connectivity index (χ1) is 13.4. The molecule has 2 aromatic rings. The molecule has 2 amide bonds. The number of hydrogen-bond donors (Lipinski definition) is 0. The monoisotopic (exact) mass is 401 g/mol. The molecular weight excluding hydrogens is 374 g/mol. The van der Waals surface area contributed by atoms with Crippen molar-refractivity contribution in [3.8, 4) is 0 Å². The molecular formula is C22H28ClN3O2. The number of halogens is 1. The molecule has 1 aromatic heterocycles. The highest BCUT2D eigenvalue weighted by atomic mass is 35.5. The van der Waals surface area contributed by atoms with Crippen LogP contribution < -0.4 is 0 Å². The Labute approximate surface area is 171 Å². The van der Waals surface area contributed by atoms with Crippen LogP contribution in [0.5, 0.6) is 0 Å². The molecule has 3 rings (SSSR count). The molecule has 0 fully saturated rings. The van der Waals surface area contributed by atoms with Gasteiger partial charge in [-0.3, -0.25) is 9.59 Å². The molecule has 0 aliphatic carbocycles. The van der Waals surface area contributed by atoms with Crippen molar-refractivity contribution in [2.45, 2.75) is 39.8 Å². The van der Waals surface area contributed by atoms with Crippen molar-refractivity contribution >= 4 is 23.4 Å². The van der Waals surface area contributed by atoms with Crippen LogP contribution in [0.25, 0.3) is 0 Å². The highest BCUT2D eigenvalue weighted by Crippen LogP contribution is 2.33. The highest BCUT2D eigenvalue weighted by molar-refractivity contribution is 6.30. The van der Waals surface area contributed by atoms with Gasteiger partial charge in [0.15, 0.2) is 0 Å². The number of rotatable bonds is 6. The van der Waals surface area contributed by atoms with Crippen LogP contribution in [0.3, 0.4) is 0 Å². The molecule has 0 radical (unpaired) electrons. The maximum Gasteiger partial charge on any atom is 0.243 e. The third-order valence-electron chi connectivity index (χ3n) is 5.11. The van der Waals surface area contributed by atoms with E-state index in [1.807, 2.05) is 48.4 Å². The van der Waals surface area contributed by atoms with Crippen molar-refractivity contribution in [2.24, 2.45) is 5.92 Å². The number of amides is 2. The van der Waals surface area contributed by atoms with Gasteiger partial charge in [-0.05, 0) is 35.7 Å². The minimum atomic E-state index is -0.175. The van der Waals surface area contributed by atoms with Crippen LogP contribution in [0.1, 0.15) is 44.5 Å². The van der Waals surface area contributed by atoms with Crippen LogP contribution in [0, 0.1) is 5.92 Å². The van der Waals surface area contributed by atoms with Gasteiger partial charge < -0.3 is 14.4 Å². The van der Waals surface area contributed by atoms with Gasteiger partial charge in [0.2, 0.25) is 11.8 Å².